The van der Waals surface area contributed by atoms with E-state index in [-0.39, 0.29) is 12.1 Å². The van der Waals surface area contributed by atoms with Crippen molar-refractivity contribution in [3.8, 4) is 11.5 Å². The summed E-state index contributed by atoms with van der Waals surface area (Å²) in [5, 5.41) is 0. The minimum atomic E-state index is -0.0455. The summed E-state index contributed by atoms with van der Waals surface area (Å²) in [5.41, 5.74) is 8.44. The first-order valence-corrected chi connectivity index (χ1v) is 8.22. The van der Waals surface area contributed by atoms with E-state index in [1.165, 1.54) is 0 Å². The zero-order valence-corrected chi connectivity index (χ0v) is 14.6. The SMILES string of the molecule is COc1ccc(C2CC(N)c3cc(Br)ccc3O2)cc1Br. The van der Waals surface area contributed by atoms with E-state index < -0.39 is 0 Å². The summed E-state index contributed by atoms with van der Waals surface area (Å²) in [4.78, 5) is 0. The molecule has 5 heteroatoms. The zero-order valence-electron chi connectivity index (χ0n) is 11.5. The number of ether oxygens (including phenoxy) is 2. The average molecular weight is 413 g/mol. The Kier molecular flexibility index (Phi) is 4.24. The van der Waals surface area contributed by atoms with Crippen molar-refractivity contribution in [3.63, 3.8) is 0 Å². The van der Waals surface area contributed by atoms with E-state index in [9.17, 15) is 0 Å². The highest BCUT2D eigenvalue weighted by Crippen LogP contribution is 2.41. The number of rotatable bonds is 2. The van der Waals surface area contributed by atoms with Gasteiger partial charge in [0.1, 0.15) is 17.6 Å². The second-order valence-electron chi connectivity index (χ2n) is 5.02. The maximum atomic E-state index is 6.30. The van der Waals surface area contributed by atoms with Gasteiger partial charge in [0.15, 0.2) is 0 Å². The Labute approximate surface area is 140 Å². The van der Waals surface area contributed by atoms with Crippen LogP contribution in [0.25, 0.3) is 0 Å². The number of nitrogens with two attached hydrogens (primary N) is 1. The van der Waals surface area contributed by atoms with Gasteiger partial charge in [-0.25, -0.2) is 0 Å². The summed E-state index contributed by atoms with van der Waals surface area (Å²) in [5.74, 6) is 1.66. The molecule has 2 aromatic rings. The number of fused-ring (bicyclic) bond motifs is 1. The van der Waals surface area contributed by atoms with Crippen molar-refractivity contribution in [2.45, 2.75) is 18.6 Å². The molecule has 0 aliphatic carbocycles. The van der Waals surface area contributed by atoms with Crippen molar-refractivity contribution >= 4 is 31.9 Å². The lowest BCUT2D eigenvalue weighted by molar-refractivity contribution is 0.161. The molecule has 0 radical (unpaired) electrons. The summed E-state index contributed by atoms with van der Waals surface area (Å²) in [6.45, 7) is 0. The number of hydrogen-bond donors (Lipinski definition) is 1. The van der Waals surface area contributed by atoms with E-state index in [2.05, 4.69) is 31.9 Å². The summed E-state index contributed by atoms with van der Waals surface area (Å²) in [6, 6.07) is 11.9. The molecule has 0 aromatic heterocycles. The van der Waals surface area contributed by atoms with Crippen LogP contribution in [0.2, 0.25) is 0 Å². The van der Waals surface area contributed by atoms with E-state index in [1.54, 1.807) is 7.11 Å². The molecule has 2 atom stereocenters. The van der Waals surface area contributed by atoms with Gasteiger partial charge < -0.3 is 15.2 Å². The Morgan fingerprint density at radius 1 is 1.19 bits per heavy atom. The number of methoxy groups -OCH3 is 1. The molecular weight excluding hydrogens is 398 g/mol. The smallest absolute Gasteiger partial charge is 0.133 e. The maximum absolute atomic E-state index is 6.30. The molecule has 0 bridgehead atoms. The van der Waals surface area contributed by atoms with Gasteiger partial charge in [-0.2, -0.15) is 0 Å². The van der Waals surface area contributed by atoms with Crippen LogP contribution >= 0.6 is 31.9 Å². The highest BCUT2D eigenvalue weighted by atomic mass is 79.9. The molecule has 2 unspecified atom stereocenters. The van der Waals surface area contributed by atoms with Crippen LogP contribution in [0.3, 0.4) is 0 Å². The standard InChI is InChI=1S/C16H15Br2NO2/c1-20-15-4-2-9(6-12(15)18)16-8-13(19)11-7-10(17)3-5-14(11)21-16/h2-7,13,16H,8,19H2,1H3. The van der Waals surface area contributed by atoms with Gasteiger partial charge in [-0.05, 0) is 51.8 Å². The van der Waals surface area contributed by atoms with Crippen LogP contribution in [0.5, 0.6) is 11.5 Å². The van der Waals surface area contributed by atoms with Crippen LogP contribution in [0.4, 0.5) is 0 Å². The minimum Gasteiger partial charge on any atom is -0.496 e. The van der Waals surface area contributed by atoms with Gasteiger partial charge in [0, 0.05) is 22.5 Å². The lowest BCUT2D eigenvalue weighted by Crippen LogP contribution is -2.24. The zero-order chi connectivity index (χ0) is 15.0. The van der Waals surface area contributed by atoms with Gasteiger partial charge in [0.2, 0.25) is 0 Å². The van der Waals surface area contributed by atoms with Gasteiger partial charge in [0.25, 0.3) is 0 Å². The summed E-state index contributed by atoms with van der Waals surface area (Å²) >= 11 is 6.98. The fourth-order valence-corrected chi connectivity index (χ4v) is 3.50. The third kappa shape index (κ3) is 2.96. The molecule has 0 fully saturated rings. The maximum Gasteiger partial charge on any atom is 0.133 e. The first kappa shape index (κ1) is 14.9. The second-order valence-corrected chi connectivity index (χ2v) is 6.79. The van der Waals surface area contributed by atoms with Gasteiger partial charge in [-0.3, -0.25) is 0 Å². The third-order valence-corrected chi connectivity index (χ3v) is 4.77. The predicted molar refractivity (Wildman–Crippen MR) is 89.8 cm³/mol. The van der Waals surface area contributed by atoms with Crippen LogP contribution in [0.1, 0.15) is 29.7 Å². The molecule has 0 spiro atoms. The highest BCUT2D eigenvalue weighted by Gasteiger charge is 2.27. The van der Waals surface area contributed by atoms with Crippen LogP contribution in [-0.4, -0.2) is 7.11 Å². The Bertz CT molecular complexity index is 675. The average Bonchev–Trinajstić information content (AvgIpc) is 2.47. The fraction of sp³-hybridized carbons (Fsp3) is 0.250. The quantitative estimate of drug-likeness (QED) is 0.774. The molecule has 1 heterocycles. The molecule has 1 aliphatic heterocycles. The number of benzene rings is 2. The van der Waals surface area contributed by atoms with E-state index >= 15 is 0 Å². The molecule has 21 heavy (non-hydrogen) atoms. The summed E-state index contributed by atoms with van der Waals surface area (Å²) in [7, 11) is 1.65. The van der Waals surface area contributed by atoms with Gasteiger partial charge in [-0.15, -0.1) is 0 Å². The fourth-order valence-electron chi connectivity index (χ4n) is 2.56. The Morgan fingerprint density at radius 3 is 2.71 bits per heavy atom. The van der Waals surface area contributed by atoms with Gasteiger partial charge in [-0.1, -0.05) is 22.0 Å². The molecule has 0 saturated carbocycles. The molecule has 110 valence electrons. The van der Waals surface area contributed by atoms with Crippen molar-refractivity contribution in [2.75, 3.05) is 7.11 Å². The summed E-state index contributed by atoms with van der Waals surface area (Å²) < 4.78 is 13.3. The van der Waals surface area contributed by atoms with E-state index in [0.717, 1.165) is 38.0 Å². The molecule has 2 aromatic carbocycles. The van der Waals surface area contributed by atoms with E-state index in [1.807, 2.05) is 36.4 Å². The monoisotopic (exact) mass is 411 g/mol. The Hall–Kier alpha value is -1.04. The Balaban J connectivity index is 1.92. The first-order chi connectivity index (χ1) is 10.1. The molecule has 3 rings (SSSR count). The van der Waals surface area contributed by atoms with Crippen molar-refractivity contribution in [1.29, 1.82) is 0 Å². The van der Waals surface area contributed by atoms with E-state index in [4.69, 9.17) is 15.2 Å². The van der Waals surface area contributed by atoms with Crippen molar-refractivity contribution in [1.82, 2.24) is 0 Å². The molecule has 1 aliphatic rings. The second kappa shape index (κ2) is 5.99. The molecule has 2 N–H and O–H groups in total. The van der Waals surface area contributed by atoms with Gasteiger partial charge >= 0.3 is 0 Å². The Morgan fingerprint density at radius 2 is 2.00 bits per heavy atom. The van der Waals surface area contributed by atoms with E-state index in [0.29, 0.717) is 0 Å². The van der Waals surface area contributed by atoms with Crippen LogP contribution in [-0.2, 0) is 0 Å². The first-order valence-electron chi connectivity index (χ1n) is 6.63. The van der Waals surface area contributed by atoms with Crippen molar-refractivity contribution < 1.29 is 9.47 Å². The van der Waals surface area contributed by atoms with Crippen LogP contribution < -0.4 is 15.2 Å². The predicted octanol–water partition coefficient (Wildman–Crippen LogP) is 4.74. The minimum absolute atomic E-state index is 0.0304. The van der Waals surface area contributed by atoms with Gasteiger partial charge in [0.05, 0.1) is 11.6 Å². The van der Waals surface area contributed by atoms with Crippen LogP contribution in [0, 0.1) is 0 Å². The molecular formula is C16H15Br2NO2. The highest BCUT2D eigenvalue weighted by molar-refractivity contribution is 9.10. The molecule has 0 saturated heterocycles. The molecule has 3 nitrogen and oxygen atoms in total. The third-order valence-electron chi connectivity index (χ3n) is 3.66. The van der Waals surface area contributed by atoms with Crippen molar-refractivity contribution in [3.05, 3.63) is 56.5 Å². The number of halogens is 2. The molecule has 0 amide bonds. The van der Waals surface area contributed by atoms with Crippen molar-refractivity contribution in [2.24, 2.45) is 5.73 Å². The normalized spacial score (nSPS) is 20.6. The lowest BCUT2D eigenvalue weighted by atomic mass is 9.93. The van der Waals surface area contributed by atoms with Crippen LogP contribution in [0.15, 0.2) is 45.3 Å². The lowest BCUT2D eigenvalue weighted by Gasteiger charge is -2.31. The summed E-state index contributed by atoms with van der Waals surface area (Å²) in [6.07, 6.45) is 0.707. The number of hydrogen-bond acceptors (Lipinski definition) is 3. The topological polar surface area (TPSA) is 44.5 Å². The largest absolute Gasteiger partial charge is 0.496 e.